The molecule has 1 aromatic carbocycles. The quantitative estimate of drug-likeness (QED) is 0.893. The van der Waals surface area contributed by atoms with Crippen LogP contribution < -0.4 is 0 Å². The molecule has 3 rings (SSSR count). The maximum Gasteiger partial charge on any atom is 0.334 e. The molecule has 1 aromatic heterocycles. The van der Waals surface area contributed by atoms with Crippen molar-refractivity contribution in [3.63, 3.8) is 0 Å². The molecule has 0 radical (unpaired) electrons. The monoisotopic (exact) mass is 359 g/mol. The van der Waals surface area contributed by atoms with Gasteiger partial charge in [0.05, 0.1) is 24.3 Å². The molecule has 2 aromatic rings. The van der Waals surface area contributed by atoms with Gasteiger partial charge in [-0.3, -0.25) is 4.79 Å². The summed E-state index contributed by atoms with van der Waals surface area (Å²) >= 11 is 0. The van der Waals surface area contributed by atoms with E-state index in [0.717, 1.165) is 0 Å². The van der Waals surface area contributed by atoms with Crippen LogP contribution in [-0.2, 0) is 14.9 Å². The fraction of sp³-hybridized carbons (Fsp3) is 0.444. The number of carbonyl (C=O) groups is 2. The van der Waals surface area contributed by atoms with Gasteiger partial charge in [-0.25, -0.2) is 4.79 Å². The number of aliphatic carboxylic acids is 1. The fourth-order valence-corrected chi connectivity index (χ4v) is 2.65. The van der Waals surface area contributed by atoms with Crippen LogP contribution >= 0.6 is 0 Å². The summed E-state index contributed by atoms with van der Waals surface area (Å²) in [5.41, 5.74) is 0.640. The van der Waals surface area contributed by atoms with Gasteiger partial charge in [-0.15, -0.1) is 0 Å². The van der Waals surface area contributed by atoms with Crippen molar-refractivity contribution in [2.24, 2.45) is 0 Å². The Bertz CT molecular complexity index is 824. The second kappa shape index (κ2) is 6.87. The van der Waals surface area contributed by atoms with E-state index in [0.29, 0.717) is 23.5 Å². The minimum Gasteiger partial charge on any atom is -0.479 e. The lowest BCUT2D eigenvalue weighted by Crippen LogP contribution is -2.48. The molecule has 8 nitrogen and oxygen atoms in total. The summed E-state index contributed by atoms with van der Waals surface area (Å²) in [4.78, 5) is 30.0. The van der Waals surface area contributed by atoms with Gasteiger partial charge in [-0.2, -0.15) is 4.98 Å². The van der Waals surface area contributed by atoms with Crippen molar-refractivity contribution in [2.75, 3.05) is 19.7 Å². The van der Waals surface area contributed by atoms with Crippen LogP contribution in [0.5, 0.6) is 0 Å². The number of carboxylic acid groups (broad SMARTS) is 1. The van der Waals surface area contributed by atoms with Gasteiger partial charge in [0.1, 0.15) is 0 Å². The van der Waals surface area contributed by atoms with Gasteiger partial charge in [0.2, 0.25) is 0 Å². The van der Waals surface area contributed by atoms with E-state index < -0.39 is 12.1 Å². The normalized spacial score (nSPS) is 18.0. The number of aromatic nitrogens is 2. The standard InChI is InChI=1S/C18H21N3O5/c1-18(2,3)17-19-14(26-20-17)11-6-4-5-7-12(11)15(22)21-8-9-25-13(10-21)16(23)24/h4-7,13H,8-10H2,1-3H3,(H,23,24)/t13-/m0/s1. The van der Waals surface area contributed by atoms with E-state index in [1.165, 1.54) is 4.90 Å². The summed E-state index contributed by atoms with van der Waals surface area (Å²) in [5, 5.41) is 13.1. The van der Waals surface area contributed by atoms with E-state index in [9.17, 15) is 9.59 Å². The first-order valence-electron chi connectivity index (χ1n) is 8.34. The Balaban J connectivity index is 1.91. The van der Waals surface area contributed by atoms with Gasteiger partial charge in [0.25, 0.3) is 11.8 Å². The Hall–Kier alpha value is -2.74. The number of morpholine rings is 1. The van der Waals surface area contributed by atoms with Crippen molar-refractivity contribution in [3.8, 4) is 11.5 Å². The summed E-state index contributed by atoms with van der Waals surface area (Å²) in [6, 6.07) is 6.94. The first-order chi connectivity index (χ1) is 12.3. The number of nitrogens with zero attached hydrogens (tertiary/aromatic N) is 3. The van der Waals surface area contributed by atoms with Gasteiger partial charge >= 0.3 is 5.97 Å². The number of carbonyl (C=O) groups excluding carboxylic acids is 1. The van der Waals surface area contributed by atoms with Gasteiger partial charge in [0, 0.05) is 12.0 Å². The van der Waals surface area contributed by atoms with Crippen molar-refractivity contribution >= 4 is 11.9 Å². The van der Waals surface area contributed by atoms with Crippen molar-refractivity contribution in [1.82, 2.24) is 15.0 Å². The highest BCUT2D eigenvalue weighted by Crippen LogP contribution is 2.27. The minimum absolute atomic E-state index is 0.000421. The number of amides is 1. The summed E-state index contributed by atoms with van der Waals surface area (Å²) < 4.78 is 10.5. The number of rotatable bonds is 3. The summed E-state index contributed by atoms with van der Waals surface area (Å²) in [5.74, 6) is -0.554. The molecule has 0 saturated carbocycles. The zero-order valence-electron chi connectivity index (χ0n) is 14.9. The minimum atomic E-state index is -1.08. The van der Waals surface area contributed by atoms with Crippen LogP contribution in [0.4, 0.5) is 0 Å². The zero-order valence-corrected chi connectivity index (χ0v) is 14.9. The van der Waals surface area contributed by atoms with Gasteiger partial charge in [-0.1, -0.05) is 38.1 Å². The first-order valence-corrected chi connectivity index (χ1v) is 8.34. The summed E-state index contributed by atoms with van der Waals surface area (Å²) in [6.07, 6.45) is -1.02. The molecule has 1 atom stereocenters. The molecule has 0 bridgehead atoms. The van der Waals surface area contributed by atoms with Gasteiger partial charge < -0.3 is 19.3 Å². The average molecular weight is 359 g/mol. The van der Waals surface area contributed by atoms with Crippen LogP contribution in [0.3, 0.4) is 0 Å². The molecule has 8 heteroatoms. The molecule has 0 spiro atoms. The molecule has 26 heavy (non-hydrogen) atoms. The molecule has 1 aliphatic rings. The van der Waals surface area contributed by atoms with E-state index in [-0.39, 0.29) is 30.4 Å². The van der Waals surface area contributed by atoms with Crippen LogP contribution in [0, 0.1) is 0 Å². The van der Waals surface area contributed by atoms with Crippen LogP contribution in [-0.4, -0.2) is 57.8 Å². The lowest BCUT2D eigenvalue weighted by atomic mass is 9.96. The Morgan fingerprint density at radius 2 is 2.00 bits per heavy atom. The largest absolute Gasteiger partial charge is 0.479 e. The Kier molecular flexibility index (Phi) is 4.78. The molecule has 1 saturated heterocycles. The van der Waals surface area contributed by atoms with Crippen LogP contribution in [0.25, 0.3) is 11.5 Å². The SMILES string of the molecule is CC(C)(C)c1noc(-c2ccccc2C(=O)N2CCO[C@H](C(=O)O)C2)n1. The third-order valence-electron chi connectivity index (χ3n) is 4.11. The van der Waals surface area contributed by atoms with Crippen molar-refractivity contribution in [1.29, 1.82) is 0 Å². The highest BCUT2D eigenvalue weighted by atomic mass is 16.5. The third-order valence-corrected chi connectivity index (χ3v) is 4.11. The van der Waals surface area contributed by atoms with Gasteiger partial charge in [-0.05, 0) is 12.1 Å². The molecule has 0 unspecified atom stereocenters. The molecular formula is C18H21N3O5. The van der Waals surface area contributed by atoms with Crippen LogP contribution in [0.2, 0.25) is 0 Å². The zero-order chi connectivity index (χ0) is 18.9. The predicted molar refractivity (Wildman–Crippen MR) is 91.7 cm³/mol. The maximum atomic E-state index is 13.0. The first kappa shape index (κ1) is 18.1. The number of benzene rings is 1. The second-order valence-corrected chi connectivity index (χ2v) is 7.17. The van der Waals surface area contributed by atoms with E-state index in [2.05, 4.69) is 10.1 Å². The highest BCUT2D eigenvalue weighted by Gasteiger charge is 2.31. The molecule has 138 valence electrons. The summed E-state index contributed by atoms with van der Waals surface area (Å²) in [7, 11) is 0. The van der Waals surface area contributed by atoms with Crippen molar-refractivity contribution in [2.45, 2.75) is 32.3 Å². The molecule has 1 aliphatic heterocycles. The number of carboxylic acids is 1. The van der Waals surface area contributed by atoms with Crippen LogP contribution in [0.1, 0.15) is 37.0 Å². The molecule has 1 N–H and O–H groups in total. The summed E-state index contributed by atoms with van der Waals surface area (Å²) in [6.45, 7) is 6.42. The van der Waals surface area contributed by atoms with E-state index in [4.69, 9.17) is 14.4 Å². The average Bonchev–Trinajstić information content (AvgIpc) is 3.11. The van der Waals surface area contributed by atoms with Crippen LogP contribution in [0.15, 0.2) is 28.8 Å². The molecule has 0 aliphatic carbocycles. The maximum absolute atomic E-state index is 13.0. The second-order valence-electron chi connectivity index (χ2n) is 7.17. The Morgan fingerprint density at radius 1 is 1.27 bits per heavy atom. The van der Waals surface area contributed by atoms with E-state index in [1.54, 1.807) is 24.3 Å². The third kappa shape index (κ3) is 3.60. The lowest BCUT2D eigenvalue weighted by Gasteiger charge is -2.31. The number of ether oxygens (including phenoxy) is 1. The lowest BCUT2D eigenvalue weighted by molar-refractivity contribution is -0.154. The molecular weight excluding hydrogens is 338 g/mol. The van der Waals surface area contributed by atoms with Crippen molar-refractivity contribution in [3.05, 3.63) is 35.7 Å². The molecule has 1 fully saturated rings. The highest BCUT2D eigenvalue weighted by molar-refractivity contribution is 6.00. The fourth-order valence-electron chi connectivity index (χ4n) is 2.65. The van der Waals surface area contributed by atoms with E-state index in [1.807, 2.05) is 20.8 Å². The number of hydrogen-bond acceptors (Lipinski definition) is 6. The van der Waals surface area contributed by atoms with Gasteiger partial charge in [0.15, 0.2) is 11.9 Å². The Labute approximate surface area is 150 Å². The molecule has 1 amide bonds. The topological polar surface area (TPSA) is 106 Å². The smallest absolute Gasteiger partial charge is 0.334 e. The number of hydrogen-bond donors (Lipinski definition) is 1. The molecule has 2 heterocycles. The predicted octanol–water partition coefficient (Wildman–Crippen LogP) is 1.96. The van der Waals surface area contributed by atoms with Crippen molar-refractivity contribution < 1.29 is 24.0 Å². The van der Waals surface area contributed by atoms with E-state index >= 15 is 0 Å². The Morgan fingerprint density at radius 3 is 2.65 bits per heavy atom.